The number of pyridine rings is 1. The standard InChI is InChI=1S/C14H16N2O2/c1-2-11(17)9-16-14(18)13-12-6-4-3-5-10(12)7-8-15-13/h3-8,11,17H,2,9H2,1H3,(H,16,18). The van der Waals surface area contributed by atoms with Crippen molar-refractivity contribution in [2.24, 2.45) is 0 Å². The van der Waals surface area contributed by atoms with E-state index in [9.17, 15) is 9.90 Å². The molecule has 18 heavy (non-hydrogen) atoms. The summed E-state index contributed by atoms with van der Waals surface area (Å²) in [7, 11) is 0. The highest BCUT2D eigenvalue weighted by Crippen LogP contribution is 2.15. The fourth-order valence-electron chi connectivity index (χ4n) is 1.74. The van der Waals surface area contributed by atoms with Crippen LogP contribution in [-0.4, -0.2) is 28.6 Å². The second-order valence-electron chi connectivity index (χ2n) is 4.15. The molecule has 0 aliphatic heterocycles. The molecule has 1 unspecified atom stereocenters. The highest BCUT2D eigenvalue weighted by atomic mass is 16.3. The molecule has 4 nitrogen and oxygen atoms in total. The first-order valence-electron chi connectivity index (χ1n) is 6.02. The molecule has 0 fully saturated rings. The number of aliphatic hydroxyl groups is 1. The van der Waals surface area contributed by atoms with Gasteiger partial charge in [0.2, 0.25) is 0 Å². The van der Waals surface area contributed by atoms with Gasteiger partial charge in [0.15, 0.2) is 0 Å². The molecule has 1 heterocycles. The van der Waals surface area contributed by atoms with Crippen LogP contribution < -0.4 is 5.32 Å². The first-order chi connectivity index (χ1) is 8.72. The largest absolute Gasteiger partial charge is 0.391 e. The Bertz CT molecular complexity index is 549. The summed E-state index contributed by atoms with van der Waals surface area (Å²) in [5.74, 6) is -0.251. The van der Waals surface area contributed by atoms with Crippen molar-refractivity contribution in [2.75, 3.05) is 6.54 Å². The number of fused-ring (bicyclic) bond motifs is 1. The predicted molar refractivity (Wildman–Crippen MR) is 70.4 cm³/mol. The number of benzene rings is 1. The van der Waals surface area contributed by atoms with Gasteiger partial charge in [-0.25, -0.2) is 0 Å². The number of rotatable bonds is 4. The van der Waals surface area contributed by atoms with Gasteiger partial charge in [-0.2, -0.15) is 0 Å². The van der Waals surface area contributed by atoms with E-state index in [-0.39, 0.29) is 12.5 Å². The van der Waals surface area contributed by atoms with Gasteiger partial charge in [0.1, 0.15) is 5.69 Å². The van der Waals surface area contributed by atoms with Gasteiger partial charge in [0.25, 0.3) is 5.91 Å². The zero-order valence-electron chi connectivity index (χ0n) is 10.3. The van der Waals surface area contributed by atoms with Crippen molar-refractivity contribution in [2.45, 2.75) is 19.4 Å². The van der Waals surface area contributed by atoms with Crippen LogP contribution in [0.3, 0.4) is 0 Å². The quantitative estimate of drug-likeness (QED) is 0.861. The minimum absolute atomic E-state index is 0.250. The van der Waals surface area contributed by atoms with Crippen LogP contribution in [0.5, 0.6) is 0 Å². The molecule has 0 bridgehead atoms. The Labute approximate surface area is 106 Å². The van der Waals surface area contributed by atoms with E-state index in [0.29, 0.717) is 12.1 Å². The first kappa shape index (κ1) is 12.5. The summed E-state index contributed by atoms with van der Waals surface area (Å²) >= 11 is 0. The van der Waals surface area contributed by atoms with E-state index in [2.05, 4.69) is 10.3 Å². The van der Waals surface area contributed by atoms with Crippen molar-refractivity contribution in [3.8, 4) is 0 Å². The molecule has 1 atom stereocenters. The van der Waals surface area contributed by atoms with E-state index in [4.69, 9.17) is 0 Å². The van der Waals surface area contributed by atoms with Gasteiger partial charge in [-0.05, 0) is 17.9 Å². The summed E-state index contributed by atoms with van der Waals surface area (Å²) < 4.78 is 0. The lowest BCUT2D eigenvalue weighted by molar-refractivity contribution is 0.0911. The van der Waals surface area contributed by atoms with Crippen LogP contribution in [0.4, 0.5) is 0 Å². The summed E-state index contributed by atoms with van der Waals surface area (Å²) in [5, 5.41) is 13.9. The molecular formula is C14H16N2O2. The van der Waals surface area contributed by atoms with Gasteiger partial charge in [0.05, 0.1) is 6.10 Å². The van der Waals surface area contributed by atoms with Gasteiger partial charge in [-0.3, -0.25) is 9.78 Å². The number of aromatic nitrogens is 1. The van der Waals surface area contributed by atoms with E-state index >= 15 is 0 Å². The molecular weight excluding hydrogens is 228 g/mol. The van der Waals surface area contributed by atoms with Crippen molar-refractivity contribution in [3.05, 3.63) is 42.2 Å². The first-order valence-corrected chi connectivity index (χ1v) is 6.02. The molecule has 2 N–H and O–H groups in total. The van der Waals surface area contributed by atoms with E-state index in [0.717, 1.165) is 10.8 Å². The number of hydrogen-bond acceptors (Lipinski definition) is 3. The fourth-order valence-corrected chi connectivity index (χ4v) is 1.74. The van der Waals surface area contributed by atoms with Crippen LogP contribution in [0.25, 0.3) is 10.8 Å². The Hall–Kier alpha value is -1.94. The van der Waals surface area contributed by atoms with E-state index in [1.807, 2.05) is 37.3 Å². The number of nitrogens with one attached hydrogen (secondary N) is 1. The average Bonchev–Trinajstić information content (AvgIpc) is 2.43. The minimum Gasteiger partial charge on any atom is -0.391 e. The van der Waals surface area contributed by atoms with Crippen molar-refractivity contribution < 1.29 is 9.90 Å². The molecule has 1 aromatic heterocycles. The molecule has 2 aromatic rings. The average molecular weight is 244 g/mol. The number of nitrogens with zero attached hydrogens (tertiary/aromatic N) is 1. The normalized spacial score (nSPS) is 12.3. The maximum Gasteiger partial charge on any atom is 0.270 e. The third-order valence-corrected chi connectivity index (χ3v) is 2.86. The Balaban J connectivity index is 2.22. The molecule has 0 spiro atoms. The molecule has 0 saturated carbocycles. The molecule has 0 radical (unpaired) electrons. The lowest BCUT2D eigenvalue weighted by Gasteiger charge is -2.10. The molecule has 94 valence electrons. The summed E-state index contributed by atoms with van der Waals surface area (Å²) in [6.07, 6.45) is 1.72. The maximum absolute atomic E-state index is 12.0. The van der Waals surface area contributed by atoms with E-state index in [1.54, 1.807) is 6.20 Å². The van der Waals surface area contributed by atoms with E-state index < -0.39 is 6.10 Å². The zero-order valence-corrected chi connectivity index (χ0v) is 10.3. The van der Waals surface area contributed by atoms with Gasteiger partial charge in [-0.15, -0.1) is 0 Å². The van der Waals surface area contributed by atoms with Crippen LogP contribution in [-0.2, 0) is 0 Å². The highest BCUT2D eigenvalue weighted by Gasteiger charge is 2.12. The zero-order chi connectivity index (χ0) is 13.0. The molecule has 1 amide bonds. The monoisotopic (exact) mass is 244 g/mol. The Morgan fingerprint density at radius 2 is 2.17 bits per heavy atom. The molecule has 1 aromatic carbocycles. The lowest BCUT2D eigenvalue weighted by Crippen LogP contribution is -2.32. The van der Waals surface area contributed by atoms with Gasteiger partial charge >= 0.3 is 0 Å². The summed E-state index contributed by atoms with van der Waals surface area (Å²) in [6.45, 7) is 2.12. The van der Waals surface area contributed by atoms with Crippen molar-refractivity contribution in [1.29, 1.82) is 0 Å². The third-order valence-electron chi connectivity index (χ3n) is 2.86. The number of hydrogen-bond donors (Lipinski definition) is 2. The maximum atomic E-state index is 12.0. The van der Waals surface area contributed by atoms with Crippen LogP contribution in [0, 0.1) is 0 Å². The minimum atomic E-state index is -0.510. The van der Waals surface area contributed by atoms with Gasteiger partial charge in [0, 0.05) is 18.1 Å². The molecule has 4 heteroatoms. The second-order valence-corrected chi connectivity index (χ2v) is 4.15. The Kier molecular flexibility index (Phi) is 3.89. The summed E-state index contributed by atoms with van der Waals surface area (Å²) in [5.41, 5.74) is 0.399. The number of carbonyl (C=O) groups excluding carboxylic acids is 1. The van der Waals surface area contributed by atoms with Crippen LogP contribution >= 0.6 is 0 Å². The topological polar surface area (TPSA) is 62.2 Å². The molecule has 0 aliphatic rings. The Morgan fingerprint density at radius 1 is 1.39 bits per heavy atom. The van der Waals surface area contributed by atoms with Crippen molar-refractivity contribution >= 4 is 16.7 Å². The van der Waals surface area contributed by atoms with Gasteiger partial charge < -0.3 is 10.4 Å². The number of carbonyl (C=O) groups is 1. The van der Waals surface area contributed by atoms with Crippen molar-refractivity contribution in [1.82, 2.24) is 10.3 Å². The molecule has 0 saturated heterocycles. The number of aliphatic hydroxyl groups excluding tert-OH is 1. The number of amides is 1. The van der Waals surface area contributed by atoms with Crippen LogP contribution in [0.2, 0.25) is 0 Å². The molecule has 2 rings (SSSR count). The van der Waals surface area contributed by atoms with Crippen LogP contribution in [0.15, 0.2) is 36.5 Å². The predicted octanol–water partition coefficient (Wildman–Crippen LogP) is 1.74. The smallest absolute Gasteiger partial charge is 0.270 e. The van der Waals surface area contributed by atoms with E-state index in [1.165, 1.54) is 0 Å². The highest BCUT2D eigenvalue weighted by molar-refractivity contribution is 6.05. The van der Waals surface area contributed by atoms with Crippen molar-refractivity contribution in [3.63, 3.8) is 0 Å². The molecule has 0 aliphatic carbocycles. The van der Waals surface area contributed by atoms with Crippen LogP contribution in [0.1, 0.15) is 23.8 Å². The summed E-state index contributed by atoms with van der Waals surface area (Å²) in [6, 6.07) is 9.47. The Morgan fingerprint density at radius 3 is 2.94 bits per heavy atom. The lowest BCUT2D eigenvalue weighted by atomic mass is 10.1. The fraction of sp³-hybridized carbons (Fsp3) is 0.286. The SMILES string of the molecule is CCC(O)CNC(=O)c1nccc2ccccc12. The summed E-state index contributed by atoms with van der Waals surface area (Å²) in [4.78, 5) is 16.1. The van der Waals surface area contributed by atoms with Gasteiger partial charge in [-0.1, -0.05) is 31.2 Å². The third kappa shape index (κ3) is 2.65. The second kappa shape index (κ2) is 5.60.